The summed E-state index contributed by atoms with van der Waals surface area (Å²) >= 11 is 0. The lowest BCUT2D eigenvalue weighted by atomic mass is 10.1. The van der Waals surface area contributed by atoms with Crippen LogP contribution >= 0.6 is 7.82 Å². The number of aromatic amines is 1. The molecule has 0 aliphatic carbocycles. The topological polar surface area (TPSA) is 336 Å². The number of aliphatic hydroxyl groups excluding tert-OH is 4. The molecule has 6 rings (SSSR count). The Morgan fingerprint density at radius 3 is 2.66 bits per heavy atom. The second kappa shape index (κ2) is 11.5. The van der Waals surface area contributed by atoms with E-state index in [1.807, 2.05) is 0 Å². The highest BCUT2D eigenvalue weighted by Gasteiger charge is 2.51. The molecule has 10 atom stereocenters. The predicted octanol–water partition coefficient (Wildman–Crippen LogP) is -2.46. The zero-order chi connectivity index (χ0) is 31.3. The molecule has 3 aromatic heterocycles. The number of hydrogen-bond donors (Lipinski definition) is 8. The molecule has 9 N–H and O–H groups in total. The van der Waals surface area contributed by atoms with Crippen LogP contribution in [0.1, 0.15) is 24.4 Å². The minimum Gasteiger partial charge on any atom is -0.394 e. The third kappa shape index (κ3) is 5.21. The zero-order valence-corrected chi connectivity index (χ0v) is 23.0. The van der Waals surface area contributed by atoms with Gasteiger partial charge in [-0.05, 0) is 5.53 Å². The molecule has 3 aromatic rings. The summed E-state index contributed by atoms with van der Waals surface area (Å²) < 4.78 is 37.5. The van der Waals surface area contributed by atoms with Crippen molar-refractivity contribution in [3.8, 4) is 0 Å². The molecule has 24 heteroatoms. The van der Waals surface area contributed by atoms with Gasteiger partial charge in [-0.15, -0.1) is 0 Å². The van der Waals surface area contributed by atoms with Crippen molar-refractivity contribution in [1.82, 2.24) is 34.4 Å². The number of aliphatic imine (C=N–C) groups is 1. The number of ether oxygens (including phenoxy) is 2. The van der Waals surface area contributed by atoms with Crippen LogP contribution in [0.15, 0.2) is 27.6 Å². The second-order valence-electron chi connectivity index (χ2n) is 9.79. The maximum atomic E-state index is 13.2. The minimum absolute atomic E-state index is 0.103. The summed E-state index contributed by atoms with van der Waals surface area (Å²) in [4.78, 5) is 44.0. The van der Waals surface area contributed by atoms with Gasteiger partial charge >= 0.3 is 7.82 Å². The number of imidazole rings is 2. The molecule has 6 heterocycles. The van der Waals surface area contributed by atoms with Crippen LogP contribution in [-0.2, 0) is 23.1 Å². The van der Waals surface area contributed by atoms with Crippen molar-refractivity contribution in [3.05, 3.63) is 39.1 Å². The van der Waals surface area contributed by atoms with Gasteiger partial charge in [-0.1, -0.05) is 5.11 Å². The van der Waals surface area contributed by atoms with Crippen LogP contribution in [0.2, 0.25) is 0 Å². The first-order valence-corrected chi connectivity index (χ1v) is 14.3. The standard InChI is InChI=1S/C20H25N12O11P/c21-20-27-15-10(17(37)28-20)26-5-32(15)19-13(8(29-30-22)6(1-33)41-19)43-44(38,39)40-2-7-11(34)12(35)18(42-7)31-4-25-9-14(31)23-3-24-16(9)36/h3-8,11-13,16,18-19,33-36H,1-2H2,(H,23,24)(H,38,39)(H3,21,27,28,37)/t6-,7-,8?,11-,12-,13-,16?,18-,19-/m1/s1. The fourth-order valence-electron chi connectivity index (χ4n) is 5.11. The molecule has 0 bridgehead atoms. The Labute approximate surface area is 243 Å². The number of rotatable bonds is 9. The van der Waals surface area contributed by atoms with Gasteiger partial charge in [0.2, 0.25) is 5.95 Å². The van der Waals surface area contributed by atoms with Gasteiger partial charge in [0.1, 0.15) is 30.1 Å². The third-order valence-electron chi connectivity index (χ3n) is 7.14. The van der Waals surface area contributed by atoms with E-state index in [1.165, 1.54) is 17.2 Å². The van der Waals surface area contributed by atoms with Gasteiger partial charge in [0, 0.05) is 4.91 Å². The Balaban J connectivity index is 1.21. The SMILES string of the molecule is [N-]=[N+]=NC1[C@@H](OP(=O)(O)OC[C@H]2O[C@@H](n3cnc4c3N=CNC4O)[C@H](O)[C@@H]2O)[C@H](n2cnc3c(=O)[nH]c(N)nc32)O[C@@H]1CO. The molecule has 236 valence electrons. The highest BCUT2D eigenvalue weighted by molar-refractivity contribution is 7.47. The van der Waals surface area contributed by atoms with Crippen LogP contribution in [0.3, 0.4) is 0 Å². The van der Waals surface area contributed by atoms with Crippen LogP contribution in [0, 0.1) is 0 Å². The van der Waals surface area contributed by atoms with Crippen LogP contribution in [0.25, 0.3) is 21.6 Å². The number of nitrogens with two attached hydrogens (primary N) is 1. The van der Waals surface area contributed by atoms with Gasteiger partial charge in [-0.3, -0.25) is 28.0 Å². The summed E-state index contributed by atoms with van der Waals surface area (Å²) in [5, 5.41) is 47.2. The lowest BCUT2D eigenvalue weighted by Crippen LogP contribution is -2.35. The van der Waals surface area contributed by atoms with E-state index in [9.17, 15) is 34.7 Å². The molecule has 2 saturated heterocycles. The van der Waals surface area contributed by atoms with Crippen molar-refractivity contribution < 1.29 is 48.4 Å². The monoisotopic (exact) mass is 640 g/mol. The van der Waals surface area contributed by atoms with Crippen LogP contribution < -0.4 is 16.6 Å². The second-order valence-corrected chi connectivity index (χ2v) is 11.2. The van der Waals surface area contributed by atoms with Gasteiger partial charge < -0.3 is 45.8 Å². The number of phosphoric acid groups is 1. The van der Waals surface area contributed by atoms with Crippen molar-refractivity contribution in [2.75, 3.05) is 18.9 Å². The van der Waals surface area contributed by atoms with Crippen molar-refractivity contribution in [3.63, 3.8) is 0 Å². The fraction of sp³-hybridized carbons (Fsp3) is 0.550. The Morgan fingerprint density at radius 1 is 1.16 bits per heavy atom. The number of hydrogen-bond acceptors (Lipinski definition) is 17. The molecule has 3 unspecified atom stereocenters. The number of nitrogens with zero attached hydrogens (tertiary/aromatic N) is 9. The van der Waals surface area contributed by atoms with E-state index in [4.69, 9.17) is 29.8 Å². The summed E-state index contributed by atoms with van der Waals surface area (Å²) in [6.07, 6.45) is -7.68. The Morgan fingerprint density at radius 2 is 1.91 bits per heavy atom. The van der Waals surface area contributed by atoms with Crippen molar-refractivity contribution in [2.45, 2.75) is 55.2 Å². The molecule has 0 saturated carbocycles. The first-order chi connectivity index (χ1) is 21.0. The van der Waals surface area contributed by atoms with Crippen LogP contribution in [0.4, 0.5) is 11.8 Å². The normalized spacial score (nSPS) is 32.7. The third-order valence-corrected chi connectivity index (χ3v) is 8.13. The summed E-state index contributed by atoms with van der Waals surface area (Å²) in [7, 11) is -5.11. The molecular weight excluding hydrogens is 615 g/mol. The number of anilines is 1. The number of nitrogen functional groups attached to an aromatic ring is 1. The van der Waals surface area contributed by atoms with E-state index in [0.717, 1.165) is 10.9 Å². The number of aromatic nitrogens is 6. The van der Waals surface area contributed by atoms with Gasteiger partial charge in [0.25, 0.3) is 5.56 Å². The molecule has 3 aliphatic rings. The molecule has 2 fully saturated rings. The highest BCUT2D eigenvalue weighted by Crippen LogP contribution is 2.50. The first-order valence-electron chi connectivity index (χ1n) is 12.8. The van der Waals surface area contributed by atoms with Crippen LogP contribution in [-0.4, -0.2) is 111 Å². The maximum Gasteiger partial charge on any atom is 0.472 e. The van der Waals surface area contributed by atoms with Crippen molar-refractivity contribution >= 4 is 37.1 Å². The predicted molar refractivity (Wildman–Crippen MR) is 142 cm³/mol. The minimum atomic E-state index is -5.11. The zero-order valence-electron chi connectivity index (χ0n) is 22.1. The van der Waals surface area contributed by atoms with Gasteiger partial charge in [-0.25, -0.2) is 19.5 Å². The summed E-state index contributed by atoms with van der Waals surface area (Å²) in [5.41, 5.74) is 14.0. The Hall–Kier alpha value is -3.99. The van der Waals surface area contributed by atoms with E-state index in [0.29, 0.717) is 0 Å². The lowest BCUT2D eigenvalue weighted by Gasteiger charge is -2.25. The average molecular weight is 640 g/mol. The van der Waals surface area contributed by atoms with E-state index in [2.05, 4.69) is 40.3 Å². The van der Waals surface area contributed by atoms with Gasteiger partial charge in [0.05, 0.1) is 44.4 Å². The summed E-state index contributed by atoms with van der Waals surface area (Å²) in [5.74, 6) is -0.127. The van der Waals surface area contributed by atoms with Gasteiger partial charge in [0.15, 0.2) is 35.7 Å². The fourth-order valence-corrected chi connectivity index (χ4v) is 6.05. The molecule has 0 spiro atoms. The summed E-state index contributed by atoms with van der Waals surface area (Å²) in [6, 6.07) is -1.38. The quantitative estimate of drug-likeness (QED) is 0.0520. The molecule has 3 aliphatic heterocycles. The molecule has 0 amide bonds. The summed E-state index contributed by atoms with van der Waals surface area (Å²) in [6.45, 7) is -1.47. The molecule has 44 heavy (non-hydrogen) atoms. The molecule has 23 nitrogen and oxygen atoms in total. The maximum absolute atomic E-state index is 13.2. The van der Waals surface area contributed by atoms with Crippen molar-refractivity contribution in [2.24, 2.45) is 10.1 Å². The number of azide groups is 1. The van der Waals surface area contributed by atoms with E-state index < -0.39 is 81.8 Å². The van der Waals surface area contributed by atoms with E-state index in [-0.39, 0.29) is 28.6 Å². The molecular formula is C20H25N12O11P. The van der Waals surface area contributed by atoms with E-state index >= 15 is 0 Å². The van der Waals surface area contributed by atoms with Crippen LogP contribution in [0.5, 0.6) is 0 Å². The largest absolute Gasteiger partial charge is 0.472 e. The Bertz CT molecular complexity index is 1740. The molecule has 0 aromatic carbocycles. The number of nitrogens with one attached hydrogen (secondary N) is 2. The van der Waals surface area contributed by atoms with Crippen molar-refractivity contribution in [1.29, 1.82) is 0 Å². The smallest absolute Gasteiger partial charge is 0.394 e. The van der Waals surface area contributed by atoms with Gasteiger partial charge in [-0.2, -0.15) is 4.98 Å². The highest BCUT2D eigenvalue weighted by atomic mass is 31.2. The number of fused-ring (bicyclic) bond motifs is 2. The number of H-pyrrole nitrogens is 1. The lowest BCUT2D eigenvalue weighted by molar-refractivity contribution is -0.0619. The number of aliphatic hydroxyl groups is 4. The average Bonchev–Trinajstić information content (AvgIpc) is 3.74. The Kier molecular flexibility index (Phi) is 7.85. The molecule has 0 radical (unpaired) electrons. The first kappa shape index (κ1) is 30.1. The number of phosphoric ester groups is 1. The van der Waals surface area contributed by atoms with E-state index in [1.54, 1.807) is 0 Å².